The molecule has 4 rings (SSSR count). The van der Waals surface area contributed by atoms with E-state index in [2.05, 4.69) is 15.1 Å². The normalized spacial score (nSPS) is 17.4. The molecule has 1 atom stereocenters. The van der Waals surface area contributed by atoms with E-state index >= 15 is 0 Å². The molecule has 0 bridgehead atoms. The summed E-state index contributed by atoms with van der Waals surface area (Å²) in [6.07, 6.45) is 3.37. The van der Waals surface area contributed by atoms with Crippen LogP contribution in [0.15, 0.2) is 42.6 Å². The number of aromatic hydroxyl groups is 1. The van der Waals surface area contributed by atoms with Gasteiger partial charge in [0.1, 0.15) is 23.1 Å². The van der Waals surface area contributed by atoms with Crippen LogP contribution in [0, 0.1) is 11.6 Å². The van der Waals surface area contributed by atoms with E-state index in [-0.39, 0.29) is 17.2 Å². The van der Waals surface area contributed by atoms with Crippen molar-refractivity contribution in [1.29, 1.82) is 0 Å². The molecule has 1 saturated heterocycles. The van der Waals surface area contributed by atoms with Crippen LogP contribution in [-0.4, -0.2) is 40.4 Å². The minimum atomic E-state index is -0.589. The number of aromatic nitrogens is 2. The molecule has 29 heavy (non-hydrogen) atoms. The first kappa shape index (κ1) is 19.4. The monoisotopic (exact) mass is 399 g/mol. The molecular formula is C22H23F2N3O2. The van der Waals surface area contributed by atoms with Gasteiger partial charge >= 0.3 is 0 Å². The van der Waals surface area contributed by atoms with Gasteiger partial charge in [-0.25, -0.2) is 8.78 Å². The maximum absolute atomic E-state index is 14.3. The van der Waals surface area contributed by atoms with E-state index in [0.29, 0.717) is 17.9 Å². The van der Waals surface area contributed by atoms with Crippen LogP contribution in [0.4, 0.5) is 8.78 Å². The van der Waals surface area contributed by atoms with Gasteiger partial charge in [-0.1, -0.05) is 12.1 Å². The number of phenolic OH excluding ortho intramolecular Hbond substituents is 1. The van der Waals surface area contributed by atoms with E-state index in [4.69, 9.17) is 4.74 Å². The van der Waals surface area contributed by atoms with Gasteiger partial charge in [0, 0.05) is 41.9 Å². The zero-order valence-corrected chi connectivity index (χ0v) is 16.2. The molecule has 0 aliphatic carbocycles. The van der Waals surface area contributed by atoms with Gasteiger partial charge in [0.2, 0.25) is 0 Å². The average Bonchev–Trinajstić information content (AvgIpc) is 3.19. The molecule has 0 spiro atoms. The van der Waals surface area contributed by atoms with Gasteiger partial charge in [-0.3, -0.25) is 10.00 Å². The second-order valence-electron chi connectivity index (χ2n) is 7.36. The molecule has 1 aromatic heterocycles. The number of nitrogens with zero attached hydrogens (tertiary/aromatic N) is 2. The summed E-state index contributed by atoms with van der Waals surface area (Å²) in [5.74, 6) is -0.287. The van der Waals surface area contributed by atoms with E-state index in [1.165, 1.54) is 24.4 Å². The van der Waals surface area contributed by atoms with Crippen molar-refractivity contribution in [2.45, 2.75) is 25.3 Å². The van der Waals surface area contributed by atoms with Crippen LogP contribution in [0.1, 0.15) is 30.0 Å². The fraction of sp³-hybridized carbons (Fsp3) is 0.318. The Bertz CT molecular complexity index is 985. The minimum absolute atomic E-state index is 0.0337. The Kier molecular flexibility index (Phi) is 5.49. The minimum Gasteiger partial charge on any atom is -0.508 e. The van der Waals surface area contributed by atoms with Crippen molar-refractivity contribution in [2.24, 2.45) is 0 Å². The number of phenols is 1. The summed E-state index contributed by atoms with van der Waals surface area (Å²) in [5, 5.41) is 16.7. The van der Waals surface area contributed by atoms with Crippen LogP contribution >= 0.6 is 0 Å². The Morgan fingerprint density at radius 3 is 2.79 bits per heavy atom. The number of ether oxygens (including phenoxy) is 1. The van der Waals surface area contributed by atoms with Crippen LogP contribution in [0.25, 0.3) is 11.1 Å². The number of H-pyrrole nitrogens is 1. The molecule has 2 aromatic carbocycles. The third-order valence-electron chi connectivity index (χ3n) is 5.48. The lowest BCUT2D eigenvalue weighted by Gasteiger charge is -2.33. The van der Waals surface area contributed by atoms with E-state index in [9.17, 15) is 13.9 Å². The van der Waals surface area contributed by atoms with Crippen molar-refractivity contribution in [1.82, 2.24) is 15.1 Å². The summed E-state index contributed by atoms with van der Waals surface area (Å²) in [6.45, 7) is 2.31. The van der Waals surface area contributed by atoms with E-state index in [0.717, 1.165) is 37.2 Å². The molecule has 0 saturated carbocycles. The first-order valence-corrected chi connectivity index (χ1v) is 9.62. The van der Waals surface area contributed by atoms with Gasteiger partial charge in [0.15, 0.2) is 0 Å². The summed E-state index contributed by atoms with van der Waals surface area (Å²) in [5.41, 5.74) is 2.19. The van der Waals surface area contributed by atoms with Gasteiger partial charge in [-0.05, 0) is 37.6 Å². The van der Waals surface area contributed by atoms with Crippen molar-refractivity contribution in [3.05, 3.63) is 65.5 Å². The van der Waals surface area contributed by atoms with Crippen LogP contribution in [0.5, 0.6) is 11.5 Å². The molecule has 2 N–H and O–H groups in total. The zero-order chi connectivity index (χ0) is 20.4. The summed E-state index contributed by atoms with van der Waals surface area (Å²) < 4.78 is 34.0. The highest BCUT2D eigenvalue weighted by Gasteiger charge is 2.27. The van der Waals surface area contributed by atoms with Crippen LogP contribution in [0.3, 0.4) is 0 Å². The highest BCUT2D eigenvalue weighted by atomic mass is 19.1. The van der Waals surface area contributed by atoms with Crippen molar-refractivity contribution in [3.63, 3.8) is 0 Å². The SMILES string of the molecule is COc1cc(O)ccc1CN1CCC[C@@H](c2[nH]ncc2-c2c(F)cccc2F)C1. The average molecular weight is 399 g/mol. The van der Waals surface area contributed by atoms with Gasteiger partial charge in [0.25, 0.3) is 0 Å². The standard InChI is InChI=1S/C22H23F2N3O2/c1-29-20-10-16(28)8-7-14(20)12-27-9-3-4-15(13-27)22-17(11-25-26-22)21-18(23)5-2-6-19(21)24/h2,5-8,10-11,15,28H,3-4,9,12-13H2,1H3,(H,25,26)/t15-/m1/s1. The predicted molar refractivity (Wildman–Crippen MR) is 106 cm³/mol. The molecule has 1 fully saturated rings. The van der Waals surface area contributed by atoms with Crippen LogP contribution < -0.4 is 4.74 Å². The fourth-order valence-electron chi connectivity index (χ4n) is 4.10. The molecule has 7 heteroatoms. The first-order valence-electron chi connectivity index (χ1n) is 9.62. The molecule has 0 unspecified atom stereocenters. The first-order chi connectivity index (χ1) is 14.1. The molecule has 2 heterocycles. The molecule has 152 valence electrons. The van der Waals surface area contributed by atoms with Gasteiger partial charge < -0.3 is 9.84 Å². The number of hydrogen-bond donors (Lipinski definition) is 2. The number of aromatic amines is 1. The Hall–Kier alpha value is -2.93. The van der Waals surface area contributed by atoms with Crippen molar-refractivity contribution < 1.29 is 18.6 Å². The van der Waals surface area contributed by atoms with Gasteiger partial charge in [-0.15, -0.1) is 0 Å². The predicted octanol–water partition coefficient (Wildman–Crippen LogP) is 4.45. The summed E-state index contributed by atoms with van der Waals surface area (Å²) >= 11 is 0. The van der Waals surface area contributed by atoms with E-state index in [1.54, 1.807) is 19.2 Å². The fourth-order valence-corrected chi connectivity index (χ4v) is 4.10. The molecular weight excluding hydrogens is 376 g/mol. The molecule has 0 amide bonds. The van der Waals surface area contributed by atoms with Gasteiger partial charge in [0.05, 0.1) is 18.9 Å². The number of rotatable bonds is 5. The quantitative estimate of drug-likeness (QED) is 0.666. The largest absolute Gasteiger partial charge is 0.508 e. The lowest BCUT2D eigenvalue weighted by atomic mass is 9.90. The zero-order valence-electron chi connectivity index (χ0n) is 16.2. The Balaban J connectivity index is 1.57. The smallest absolute Gasteiger partial charge is 0.134 e. The second-order valence-corrected chi connectivity index (χ2v) is 7.36. The third-order valence-corrected chi connectivity index (χ3v) is 5.48. The summed E-state index contributed by atoms with van der Waals surface area (Å²) in [4.78, 5) is 2.28. The number of hydrogen-bond acceptors (Lipinski definition) is 4. The van der Waals surface area contributed by atoms with Crippen LogP contribution in [-0.2, 0) is 6.54 Å². The Morgan fingerprint density at radius 2 is 2.03 bits per heavy atom. The molecule has 1 aliphatic rings. The number of likely N-dealkylation sites (tertiary alicyclic amines) is 1. The number of halogens is 2. The Labute approximate surface area is 167 Å². The third kappa shape index (κ3) is 3.96. The Morgan fingerprint density at radius 1 is 1.24 bits per heavy atom. The van der Waals surface area contributed by atoms with Gasteiger partial charge in [-0.2, -0.15) is 5.10 Å². The van der Waals surface area contributed by atoms with Crippen molar-refractivity contribution in [2.75, 3.05) is 20.2 Å². The highest BCUT2D eigenvalue weighted by Crippen LogP contribution is 2.36. The second kappa shape index (κ2) is 8.21. The number of benzene rings is 2. The molecule has 0 radical (unpaired) electrons. The van der Waals surface area contributed by atoms with E-state index < -0.39 is 11.6 Å². The van der Waals surface area contributed by atoms with Crippen LogP contribution in [0.2, 0.25) is 0 Å². The lowest BCUT2D eigenvalue weighted by Crippen LogP contribution is -2.34. The summed E-state index contributed by atoms with van der Waals surface area (Å²) in [7, 11) is 1.58. The summed E-state index contributed by atoms with van der Waals surface area (Å²) in [6, 6.07) is 8.99. The molecule has 5 nitrogen and oxygen atoms in total. The maximum atomic E-state index is 14.3. The molecule has 3 aromatic rings. The topological polar surface area (TPSA) is 61.4 Å². The number of nitrogens with one attached hydrogen (secondary N) is 1. The number of methoxy groups -OCH3 is 1. The number of piperidine rings is 1. The van der Waals surface area contributed by atoms with Crippen molar-refractivity contribution >= 4 is 0 Å². The lowest BCUT2D eigenvalue weighted by molar-refractivity contribution is 0.196. The van der Waals surface area contributed by atoms with E-state index in [1.807, 2.05) is 6.07 Å². The maximum Gasteiger partial charge on any atom is 0.134 e. The highest BCUT2D eigenvalue weighted by molar-refractivity contribution is 5.67. The van der Waals surface area contributed by atoms with Crippen molar-refractivity contribution in [3.8, 4) is 22.6 Å². The molecule has 1 aliphatic heterocycles.